The summed E-state index contributed by atoms with van der Waals surface area (Å²) in [5, 5.41) is 0. The first-order chi connectivity index (χ1) is 4.48. The zero-order valence-electron chi connectivity index (χ0n) is 5.52. The van der Waals surface area contributed by atoms with Gasteiger partial charge in [0.05, 0.1) is 0 Å². The Balaban J connectivity index is 3.81. The van der Waals surface area contributed by atoms with Crippen LogP contribution in [0.15, 0.2) is 11.1 Å². The summed E-state index contributed by atoms with van der Waals surface area (Å²) in [4.78, 5) is 0. The molecule has 0 unspecified atom stereocenters. The normalized spacial score (nSPS) is 11.4. The highest BCUT2D eigenvalue weighted by Gasteiger charge is 2.03. The number of rotatable bonds is 4. The van der Waals surface area contributed by atoms with Crippen molar-refractivity contribution in [3.63, 3.8) is 0 Å². The van der Waals surface area contributed by atoms with Gasteiger partial charge >= 0.3 is 0 Å². The standard InChI is InChI=1S/C4H9BrN2O2S/c1-4(5)3-7-10(8,9)6-2/h6-7H,1,3H2,2H3. The van der Waals surface area contributed by atoms with Crippen LogP contribution in [0.25, 0.3) is 0 Å². The summed E-state index contributed by atoms with van der Waals surface area (Å²) in [6.45, 7) is 3.65. The van der Waals surface area contributed by atoms with Gasteiger partial charge in [0, 0.05) is 18.1 Å². The minimum Gasteiger partial charge on any atom is -0.205 e. The molecule has 0 spiro atoms. The lowest BCUT2D eigenvalue weighted by molar-refractivity contribution is 0.577. The highest BCUT2D eigenvalue weighted by molar-refractivity contribution is 9.11. The topological polar surface area (TPSA) is 58.2 Å². The van der Waals surface area contributed by atoms with Crippen LogP contribution in [-0.4, -0.2) is 22.0 Å². The van der Waals surface area contributed by atoms with Crippen molar-refractivity contribution >= 4 is 26.1 Å². The average molecular weight is 229 g/mol. The minimum absolute atomic E-state index is 0.198. The van der Waals surface area contributed by atoms with E-state index in [4.69, 9.17) is 0 Å². The molecular weight excluding hydrogens is 220 g/mol. The smallest absolute Gasteiger partial charge is 0.205 e. The van der Waals surface area contributed by atoms with Crippen LogP contribution in [0.1, 0.15) is 0 Å². The maximum absolute atomic E-state index is 10.6. The first kappa shape index (κ1) is 10.1. The lowest BCUT2D eigenvalue weighted by Gasteiger charge is -2.01. The Kier molecular flexibility index (Phi) is 4.11. The molecule has 0 amide bonds. The van der Waals surface area contributed by atoms with Gasteiger partial charge in [-0.3, -0.25) is 0 Å². The summed E-state index contributed by atoms with van der Waals surface area (Å²) in [5.74, 6) is 0. The van der Waals surface area contributed by atoms with E-state index in [2.05, 4.69) is 32.0 Å². The van der Waals surface area contributed by atoms with Gasteiger partial charge in [0.2, 0.25) is 0 Å². The molecule has 0 aromatic carbocycles. The third-order valence-electron chi connectivity index (χ3n) is 0.723. The molecule has 0 bridgehead atoms. The summed E-state index contributed by atoms with van der Waals surface area (Å²) < 4.78 is 26.1. The lowest BCUT2D eigenvalue weighted by Crippen LogP contribution is -2.34. The number of halogens is 1. The van der Waals surface area contributed by atoms with Crippen LogP contribution in [-0.2, 0) is 10.2 Å². The Morgan fingerprint density at radius 3 is 2.50 bits per heavy atom. The van der Waals surface area contributed by atoms with Crippen molar-refractivity contribution in [2.24, 2.45) is 0 Å². The predicted octanol–water partition coefficient (Wildman–Crippen LogP) is -0.0512. The molecule has 0 saturated carbocycles. The molecule has 0 heterocycles. The first-order valence-electron chi connectivity index (χ1n) is 2.49. The molecule has 6 heteroatoms. The van der Waals surface area contributed by atoms with Crippen LogP contribution in [0.3, 0.4) is 0 Å². The monoisotopic (exact) mass is 228 g/mol. The molecule has 4 nitrogen and oxygen atoms in total. The molecule has 2 N–H and O–H groups in total. The van der Waals surface area contributed by atoms with Gasteiger partial charge in [-0.05, 0) is 0 Å². The molecular formula is C4H9BrN2O2S. The van der Waals surface area contributed by atoms with Gasteiger partial charge in [-0.25, -0.2) is 4.72 Å². The van der Waals surface area contributed by atoms with Crippen molar-refractivity contribution in [1.82, 2.24) is 9.44 Å². The number of hydrogen-bond acceptors (Lipinski definition) is 2. The van der Waals surface area contributed by atoms with E-state index in [0.29, 0.717) is 4.48 Å². The zero-order valence-corrected chi connectivity index (χ0v) is 7.92. The molecule has 60 valence electrons. The van der Waals surface area contributed by atoms with E-state index in [0.717, 1.165) is 0 Å². The van der Waals surface area contributed by atoms with Crippen molar-refractivity contribution in [3.05, 3.63) is 11.1 Å². The lowest BCUT2D eigenvalue weighted by atomic mass is 10.7. The fraction of sp³-hybridized carbons (Fsp3) is 0.500. The number of nitrogens with one attached hydrogen (secondary N) is 2. The van der Waals surface area contributed by atoms with Gasteiger partial charge in [0.1, 0.15) is 0 Å². The van der Waals surface area contributed by atoms with E-state index in [1.54, 1.807) is 0 Å². The second kappa shape index (κ2) is 4.07. The van der Waals surface area contributed by atoms with Crippen LogP contribution in [0.2, 0.25) is 0 Å². The van der Waals surface area contributed by atoms with Crippen LogP contribution in [0.5, 0.6) is 0 Å². The average Bonchev–Trinajstić information content (AvgIpc) is 1.85. The van der Waals surface area contributed by atoms with Crippen LogP contribution < -0.4 is 9.44 Å². The second-order valence-electron chi connectivity index (χ2n) is 1.55. The largest absolute Gasteiger partial charge is 0.276 e. The van der Waals surface area contributed by atoms with Gasteiger partial charge in [0.15, 0.2) is 0 Å². The summed E-state index contributed by atoms with van der Waals surface area (Å²) in [6, 6.07) is 0. The fourth-order valence-electron chi connectivity index (χ4n) is 0.245. The summed E-state index contributed by atoms with van der Waals surface area (Å²) in [5.41, 5.74) is 0. The SMILES string of the molecule is C=C(Br)CNS(=O)(=O)NC. The summed E-state index contributed by atoms with van der Waals surface area (Å²) >= 11 is 3.01. The van der Waals surface area contributed by atoms with Crippen molar-refractivity contribution in [1.29, 1.82) is 0 Å². The fourth-order valence-corrected chi connectivity index (χ4v) is 1.08. The highest BCUT2D eigenvalue weighted by Crippen LogP contribution is 1.96. The van der Waals surface area contributed by atoms with Crippen molar-refractivity contribution in [2.75, 3.05) is 13.6 Å². The maximum Gasteiger partial charge on any atom is 0.276 e. The second-order valence-corrected chi connectivity index (χ2v) is 4.37. The molecule has 0 aromatic heterocycles. The predicted molar refractivity (Wildman–Crippen MR) is 44.0 cm³/mol. The van der Waals surface area contributed by atoms with E-state index in [-0.39, 0.29) is 6.54 Å². The molecule has 0 aliphatic rings. The van der Waals surface area contributed by atoms with Crippen LogP contribution >= 0.6 is 15.9 Å². The molecule has 0 radical (unpaired) electrons. The molecule has 0 saturated heterocycles. The van der Waals surface area contributed by atoms with Gasteiger partial charge in [-0.1, -0.05) is 22.5 Å². The van der Waals surface area contributed by atoms with E-state index >= 15 is 0 Å². The van der Waals surface area contributed by atoms with Crippen molar-refractivity contribution in [3.8, 4) is 0 Å². The third-order valence-corrected chi connectivity index (χ3v) is 2.06. The molecule has 0 atom stereocenters. The highest BCUT2D eigenvalue weighted by atomic mass is 79.9. The molecule has 0 rings (SSSR count). The molecule has 0 aliphatic heterocycles. The zero-order chi connectivity index (χ0) is 8.20. The van der Waals surface area contributed by atoms with Crippen LogP contribution in [0, 0.1) is 0 Å². The molecule has 10 heavy (non-hydrogen) atoms. The molecule has 0 fully saturated rings. The first-order valence-corrected chi connectivity index (χ1v) is 4.77. The van der Waals surface area contributed by atoms with E-state index < -0.39 is 10.2 Å². The number of hydrogen-bond donors (Lipinski definition) is 2. The van der Waals surface area contributed by atoms with Gasteiger partial charge in [-0.2, -0.15) is 13.1 Å². The van der Waals surface area contributed by atoms with Crippen molar-refractivity contribution in [2.45, 2.75) is 0 Å². The maximum atomic E-state index is 10.6. The van der Waals surface area contributed by atoms with Gasteiger partial charge in [0.25, 0.3) is 10.2 Å². The van der Waals surface area contributed by atoms with E-state index in [9.17, 15) is 8.42 Å². The Labute approximate surface area is 69.0 Å². The quantitative estimate of drug-likeness (QED) is 0.710. The van der Waals surface area contributed by atoms with Crippen LogP contribution in [0.4, 0.5) is 0 Å². The van der Waals surface area contributed by atoms with Crippen molar-refractivity contribution < 1.29 is 8.42 Å². The minimum atomic E-state index is -3.31. The Morgan fingerprint density at radius 2 is 2.20 bits per heavy atom. The third kappa shape index (κ3) is 4.92. The summed E-state index contributed by atoms with van der Waals surface area (Å²) in [7, 11) is -1.97. The Hall–Kier alpha value is 0.0900. The Bertz CT molecular complexity index is 211. The molecule has 0 aromatic rings. The van der Waals surface area contributed by atoms with Gasteiger partial charge in [-0.15, -0.1) is 0 Å². The Morgan fingerprint density at radius 1 is 1.70 bits per heavy atom. The summed E-state index contributed by atoms with van der Waals surface area (Å²) in [6.07, 6.45) is 0. The molecule has 0 aliphatic carbocycles. The van der Waals surface area contributed by atoms with Gasteiger partial charge < -0.3 is 0 Å². The van der Waals surface area contributed by atoms with E-state index in [1.807, 2.05) is 0 Å². The van der Waals surface area contributed by atoms with E-state index in [1.165, 1.54) is 7.05 Å².